The van der Waals surface area contributed by atoms with Gasteiger partial charge in [0.2, 0.25) is 0 Å². The molecule has 0 heterocycles. The Kier molecular flexibility index (Phi) is 3.80. The fourth-order valence-corrected chi connectivity index (χ4v) is 2.47. The van der Waals surface area contributed by atoms with Crippen LogP contribution in [0, 0.1) is 5.92 Å². The fourth-order valence-electron chi connectivity index (χ4n) is 2.47. The summed E-state index contributed by atoms with van der Waals surface area (Å²) in [6.45, 7) is 1.68. The van der Waals surface area contributed by atoms with E-state index in [9.17, 15) is 9.59 Å². The zero-order chi connectivity index (χ0) is 13.1. The Morgan fingerprint density at radius 3 is 2.56 bits per heavy atom. The van der Waals surface area contributed by atoms with Crippen LogP contribution in [-0.2, 0) is 16.0 Å². The molecule has 1 aromatic rings. The van der Waals surface area contributed by atoms with Gasteiger partial charge in [-0.15, -0.1) is 0 Å². The van der Waals surface area contributed by atoms with Gasteiger partial charge in [-0.3, -0.25) is 9.59 Å². The molecular weight excluding hydrogens is 228 g/mol. The molecule has 2 atom stereocenters. The van der Waals surface area contributed by atoms with Crippen LogP contribution in [0.25, 0.3) is 0 Å². The second-order valence-electron chi connectivity index (χ2n) is 5.06. The third kappa shape index (κ3) is 2.78. The van der Waals surface area contributed by atoms with Gasteiger partial charge >= 0.3 is 5.97 Å². The van der Waals surface area contributed by atoms with E-state index >= 15 is 0 Å². The van der Waals surface area contributed by atoms with Crippen LogP contribution in [0.4, 0.5) is 0 Å². The quantitative estimate of drug-likeness (QED) is 0.888. The molecule has 96 valence electrons. The summed E-state index contributed by atoms with van der Waals surface area (Å²) >= 11 is 0. The summed E-state index contributed by atoms with van der Waals surface area (Å²) in [6.07, 6.45) is 3.52. The average Bonchev–Trinajstić information content (AvgIpc) is 2.75. The number of carboxylic acids is 1. The van der Waals surface area contributed by atoms with Gasteiger partial charge in [-0.1, -0.05) is 24.3 Å². The maximum Gasteiger partial charge on any atom is 0.310 e. The normalized spacial score (nSPS) is 20.9. The second-order valence-corrected chi connectivity index (χ2v) is 5.06. The predicted octanol–water partition coefficient (Wildman–Crippen LogP) is 2.79. The van der Waals surface area contributed by atoms with E-state index in [2.05, 4.69) is 0 Å². The van der Waals surface area contributed by atoms with E-state index in [0.29, 0.717) is 5.78 Å². The van der Waals surface area contributed by atoms with Crippen molar-refractivity contribution >= 4 is 11.8 Å². The largest absolute Gasteiger partial charge is 0.481 e. The number of benzene rings is 1. The molecule has 1 saturated carbocycles. The molecule has 1 fully saturated rings. The first-order valence-corrected chi connectivity index (χ1v) is 6.42. The SMILES string of the molecule is C[C@@H](C(=O)O)c1ccc(C[C@H]2CCCC2=O)cc1. The zero-order valence-corrected chi connectivity index (χ0v) is 10.6. The molecule has 0 spiro atoms. The minimum atomic E-state index is -0.811. The molecule has 1 aromatic carbocycles. The maximum absolute atomic E-state index is 11.6. The van der Waals surface area contributed by atoms with Gasteiger partial charge in [0.05, 0.1) is 5.92 Å². The van der Waals surface area contributed by atoms with Gasteiger partial charge in [0, 0.05) is 12.3 Å². The van der Waals surface area contributed by atoms with Crippen LogP contribution in [0.5, 0.6) is 0 Å². The Bertz CT molecular complexity index is 447. The second kappa shape index (κ2) is 5.34. The molecule has 0 bridgehead atoms. The first-order valence-electron chi connectivity index (χ1n) is 6.42. The Hall–Kier alpha value is -1.64. The molecule has 0 unspecified atom stereocenters. The van der Waals surface area contributed by atoms with Crippen LogP contribution in [0.15, 0.2) is 24.3 Å². The maximum atomic E-state index is 11.6. The van der Waals surface area contributed by atoms with Crippen molar-refractivity contribution in [3.63, 3.8) is 0 Å². The number of carbonyl (C=O) groups excluding carboxylic acids is 1. The minimum Gasteiger partial charge on any atom is -0.481 e. The van der Waals surface area contributed by atoms with E-state index in [0.717, 1.165) is 36.8 Å². The first kappa shape index (κ1) is 12.8. The monoisotopic (exact) mass is 246 g/mol. The van der Waals surface area contributed by atoms with Crippen molar-refractivity contribution in [2.45, 2.75) is 38.5 Å². The third-order valence-electron chi connectivity index (χ3n) is 3.76. The highest BCUT2D eigenvalue weighted by Crippen LogP contribution is 2.25. The Morgan fingerprint density at radius 2 is 2.06 bits per heavy atom. The molecule has 3 heteroatoms. The molecule has 3 nitrogen and oxygen atoms in total. The lowest BCUT2D eigenvalue weighted by atomic mass is 9.94. The number of hydrogen-bond acceptors (Lipinski definition) is 2. The summed E-state index contributed by atoms with van der Waals surface area (Å²) in [5.41, 5.74) is 1.93. The van der Waals surface area contributed by atoms with Crippen molar-refractivity contribution in [1.82, 2.24) is 0 Å². The highest BCUT2D eigenvalue weighted by Gasteiger charge is 2.24. The van der Waals surface area contributed by atoms with Gasteiger partial charge in [-0.05, 0) is 37.3 Å². The van der Waals surface area contributed by atoms with E-state index in [1.165, 1.54) is 0 Å². The summed E-state index contributed by atoms with van der Waals surface area (Å²) in [7, 11) is 0. The molecule has 1 aliphatic rings. The van der Waals surface area contributed by atoms with Crippen molar-refractivity contribution < 1.29 is 14.7 Å². The first-order chi connectivity index (χ1) is 8.58. The van der Waals surface area contributed by atoms with Gasteiger partial charge in [-0.2, -0.15) is 0 Å². The molecule has 2 rings (SSSR count). The number of hydrogen-bond donors (Lipinski definition) is 1. The van der Waals surface area contributed by atoms with Crippen molar-refractivity contribution in [1.29, 1.82) is 0 Å². The number of Topliss-reactive ketones (excluding diaryl/α,β-unsaturated/α-hetero) is 1. The molecule has 18 heavy (non-hydrogen) atoms. The highest BCUT2D eigenvalue weighted by atomic mass is 16.4. The lowest BCUT2D eigenvalue weighted by Crippen LogP contribution is -2.10. The number of rotatable bonds is 4. The predicted molar refractivity (Wildman–Crippen MR) is 68.5 cm³/mol. The Labute approximate surface area is 107 Å². The smallest absolute Gasteiger partial charge is 0.310 e. The molecule has 1 N–H and O–H groups in total. The van der Waals surface area contributed by atoms with Gasteiger partial charge < -0.3 is 5.11 Å². The molecule has 0 aliphatic heterocycles. The molecule has 0 radical (unpaired) electrons. The summed E-state index contributed by atoms with van der Waals surface area (Å²) in [5, 5.41) is 8.92. The van der Waals surface area contributed by atoms with Crippen LogP contribution in [0.3, 0.4) is 0 Å². The lowest BCUT2D eigenvalue weighted by Gasteiger charge is -2.10. The van der Waals surface area contributed by atoms with Crippen molar-refractivity contribution in [3.05, 3.63) is 35.4 Å². The molecule has 0 amide bonds. The molecule has 0 saturated heterocycles. The number of carbonyl (C=O) groups is 2. The molecule has 0 aromatic heterocycles. The Balaban J connectivity index is 2.03. The number of aliphatic carboxylic acids is 1. The fraction of sp³-hybridized carbons (Fsp3) is 0.467. The van der Waals surface area contributed by atoms with Gasteiger partial charge in [0.1, 0.15) is 5.78 Å². The third-order valence-corrected chi connectivity index (χ3v) is 3.76. The van der Waals surface area contributed by atoms with E-state index in [-0.39, 0.29) is 5.92 Å². The standard InChI is InChI=1S/C15H18O3/c1-10(15(17)18)12-7-5-11(6-8-12)9-13-3-2-4-14(13)16/h5-8,10,13H,2-4,9H2,1H3,(H,17,18)/t10-,13-/m1/s1. The topological polar surface area (TPSA) is 54.4 Å². The summed E-state index contributed by atoms with van der Waals surface area (Å²) in [4.78, 5) is 22.4. The number of carboxylic acid groups (broad SMARTS) is 1. The molecular formula is C15H18O3. The van der Waals surface area contributed by atoms with E-state index in [4.69, 9.17) is 5.11 Å². The van der Waals surface area contributed by atoms with Gasteiger partial charge in [-0.25, -0.2) is 0 Å². The van der Waals surface area contributed by atoms with Crippen molar-refractivity contribution in [2.75, 3.05) is 0 Å². The van der Waals surface area contributed by atoms with Crippen molar-refractivity contribution in [3.8, 4) is 0 Å². The van der Waals surface area contributed by atoms with Crippen LogP contribution in [0.1, 0.15) is 43.2 Å². The zero-order valence-electron chi connectivity index (χ0n) is 10.6. The summed E-state index contributed by atoms with van der Waals surface area (Å²) in [6, 6.07) is 7.60. The van der Waals surface area contributed by atoms with Gasteiger partial charge in [0.15, 0.2) is 0 Å². The van der Waals surface area contributed by atoms with E-state index < -0.39 is 11.9 Å². The Morgan fingerprint density at radius 1 is 1.39 bits per heavy atom. The molecule has 1 aliphatic carbocycles. The van der Waals surface area contributed by atoms with Crippen LogP contribution in [-0.4, -0.2) is 16.9 Å². The average molecular weight is 246 g/mol. The minimum absolute atomic E-state index is 0.174. The van der Waals surface area contributed by atoms with Gasteiger partial charge in [0.25, 0.3) is 0 Å². The summed E-state index contributed by atoms with van der Waals surface area (Å²) in [5.74, 6) is -0.744. The van der Waals surface area contributed by atoms with E-state index in [1.54, 1.807) is 6.92 Å². The van der Waals surface area contributed by atoms with Crippen LogP contribution < -0.4 is 0 Å². The summed E-state index contributed by atoms with van der Waals surface area (Å²) < 4.78 is 0. The lowest BCUT2D eigenvalue weighted by molar-refractivity contribution is -0.138. The van der Waals surface area contributed by atoms with Crippen LogP contribution in [0.2, 0.25) is 0 Å². The van der Waals surface area contributed by atoms with Crippen molar-refractivity contribution in [2.24, 2.45) is 5.92 Å². The highest BCUT2D eigenvalue weighted by molar-refractivity contribution is 5.83. The number of ketones is 1. The van der Waals surface area contributed by atoms with E-state index in [1.807, 2.05) is 24.3 Å². The van der Waals surface area contributed by atoms with Crippen LogP contribution >= 0.6 is 0 Å².